The Labute approximate surface area is 103 Å². The molecule has 1 N–H and O–H groups in total. The molecule has 0 saturated carbocycles. The second kappa shape index (κ2) is 5.75. The van der Waals surface area contributed by atoms with Gasteiger partial charge in [0.05, 0.1) is 0 Å². The van der Waals surface area contributed by atoms with Gasteiger partial charge in [0.2, 0.25) is 0 Å². The molecular weight excluding hydrogens is 237 g/mol. The van der Waals surface area contributed by atoms with Gasteiger partial charge in [-0.15, -0.1) is 0 Å². The van der Waals surface area contributed by atoms with Gasteiger partial charge in [-0.1, -0.05) is 6.07 Å². The number of nitrogens with one attached hydrogen (secondary N) is 1. The average Bonchev–Trinajstić information content (AvgIpc) is 2.35. The van der Waals surface area contributed by atoms with E-state index in [0.29, 0.717) is 17.3 Å². The van der Waals surface area contributed by atoms with Crippen LogP contribution in [0, 0.1) is 5.82 Å². The lowest BCUT2D eigenvalue weighted by Gasteiger charge is -2.08. The van der Waals surface area contributed by atoms with E-state index in [0.717, 1.165) is 4.90 Å². The van der Waals surface area contributed by atoms with Gasteiger partial charge in [0.15, 0.2) is 5.16 Å². The van der Waals surface area contributed by atoms with Crippen molar-refractivity contribution in [2.75, 3.05) is 7.05 Å². The number of rotatable bonds is 4. The lowest BCUT2D eigenvalue weighted by Crippen LogP contribution is -2.08. The fourth-order valence-corrected chi connectivity index (χ4v) is 2.28. The van der Waals surface area contributed by atoms with Crippen molar-refractivity contribution >= 4 is 11.8 Å². The summed E-state index contributed by atoms with van der Waals surface area (Å²) in [6.45, 7) is 0.488. The van der Waals surface area contributed by atoms with E-state index in [4.69, 9.17) is 0 Å². The summed E-state index contributed by atoms with van der Waals surface area (Å²) in [6, 6.07) is 6.78. The minimum absolute atomic E-state index is 0.208. The highest BCUT2D eigenvalue weighted by Crippen LogP contribution is 2.28. The molecule has 88 valence electrons. The molecule has 1 aromatic carbocycles. The highest BCUT2D eigenvalue weighted by atomic mass is 32.2. The topological polar surface area (TPSA) is 37.8 Å². The van der Waals surface area contributed by atoms with Gasteiger partial charge >= 0.3 is 0 Å². The van der Waals surface area contributed by atoms with Crippen LogP contribution in [0.1, 0.15) is 5.56 Å². The third kappa shape index (κ3) is 3.01. The first-order chi connectivity index (χ1) is 8.31. The van der Waals surface area contributed by atoms with Crippen molar-refractivity contribution in [3.8, 4) is 0 Å². The molecule has 0 spiro atoms. The van der Waals surface area contributed by atoms with Gasteiger partial charge in [-0.25, -0.2) is 14.4 Å². The van der Waals surface area contributed by atoms with Crippen molar-refractivity contribution in [3.05, 3.63) is 48.0 Å². The normalized spacial score (nSPS) is 10.5. The first-order valence-corrected chi connectivity index (χ1v) is 6.00. The van der Waals surface area contributed by atoms with Crippen molar-refractivity contribution in [1.82, 2.24) is 15.3 Å². The first kappa shape index (κ1) is 12.0. The van der Waals surface area contributed by atoms with Gasteiger partial charge in [-0.05, 0) is 37.0 Å². The van der Waals surface area contributed by atoms with Crippen molar-refractivity contribution < 1.29 is 4.39 Å². The molecule has 3 nitrogen and oxygen atoms in total. The summed E-state index contributed by atoms with van der Waals surface area (Å²) in [6.07, 6.45) is 3.35. The third-order valence-electron chi connectivity index (χ3n) is 2.17. The maximum Gasteiger partial charge on any atom is 0.192 e. The lowest BCUT2D eigenvalue weighted by atomic mass is 10.2. The van der Waals surface area contributed by atoms with Crippen molar-refractivity contribution in [2.24, 2.45) is 0 Å². The van der Waals surface area contributed by atoms with Crippen LogP contribution in [0.4, 0.5) is 4.39 Å². The minimum Gasteiger partial charge on any atom is -0.316 e. The lowest BCUT2D eigenvalue weighted by molar-refractivity contribution is 0.593. The quantitative estimate of drug-likeness (QED) is 0.845. The van der Waals surface area contributed by atoms with Crippen LogP contribution in [-0.2, 0) is 6.54 Å². The van der Waals surface area contributed by atoms with Gasteiger partial charge in [-0.3, -0.25) is 0 Å². The van der Waals surface area contributed by atoms with Crippen molar-refractivity contribution in [3.63, 3.8) is 0 Å². The fraction of sp³-hybridized carbons (Fsp3) is 0.167. The standard InChI is InChI=1S/C12H12FN3S/c1-14-8-9-10(13)4-2-5-11(9)17-12-15-6-3-7-16-12/h2-7,14H,8H2,1H3. The molecule has 0 radical (unpaired) electrons. The second-order valence-corrected chi connectivity index (χ2v) is 4.39. The van der Waals surface area contributed by atoms with E-state index in [1.165, 1.54) is 17.8 Å². The highest BCUT2D eigenvalue weighted by Gasteiger charge is 2.09. The minimum atomic E-state index is -0.208. The van der Waals surface area contributed by atoms with Crippen LogP contribution < -0.4 is 5.32 Å². The Bertz CT molecular complexity index is 490. The zero-order valence-corrected chi connectivity index (χ0v) is 10.2. The number of benzene rings is 1. The van der Waals surface area contributed by atoms with Crippen LogP contribution in [0.2, 0.25) is 0 Å². The second-order valence-electron chi connectivity index (χ2n) is 3.38. The van der Waals surface area contributed by atoms with Crippen LogP contribution in [0.15, 0.2) is 46.7 Å². The molecule has 0 amide bonds. The van der Waals surface area contributed by atoms with Crippen LogP contribution in [0.25, 0.3) is 0 Å². The number of halogens is 1. The molecule has 2 aromatic rings. The largest absolute Gasteiger partial charge is 0.316 e. The van der Waals surface area contributed by atoms with Crippen LogP contribution in [-0.4, -0.2) is 17.0 Å². The number of hydrogen-bond donors (Lipinski definition) is 1. The van der Waals surface area contributed by atoms with E-state index in [2.05, 4.69) is 15.3 Å². The molecule has 17 heavy (non-hydrogen) atoms. The Hall–Kier alpha value is -1.46. The Balaban J connectivity index is 2.29. The SMILES string of the molecule is CNCc1c(F)cccc1Sc1ncccn1. The van der Waals surface area contributed by atoms with Gasteiger partial charge < -0.3 is 5.32 Å². The smallest absolute Gasteiger partial charge is 0.192 e. The third-order valence-corrected chi connectivity index (χ3v) is 3.17. The maximum atomic E-state index is 13.6. The Morgan fingerprint density at radius 1 is 1.24 bits per heavy atom. The summed E-state index contributed by atoms with van der Waals surface area (Å²) in [4.78, 5) is 9.07. The molecule has 0 unspecified atom stereocenters. The van der Waals surface area contributed by atoms with E-state index in [-0.39, 0.29) is 5.82 Å². The molecular formula is C12H12FN3S. The summed E-state index contributed by atoms with van der Waals surface area (Å²) in [5, 5.41) is 3.58. The predicted octanol–water partition coefficient (Wildman–Crippen LogP) is 2.49. The van der Waals surface area contributed by atoms with E-state index >= 15 is 0 Å². The Morgan fingerprint density at radius 2 is 2.00 bits per heavy atom. The first-order valence-electron chi connectivity index (χ1n) is 5.18. The van der Waals surface area contributed by atoms with E-state index in [1.54, 1.807) is 31.6 Å². The van der Waals surface area contributed by atoms with E-state index < -0.39 is 0 Å². The maximum absolute atomic E-state index is 13.6. The monoisotopic (exact) mass is 249 g/mol. The summed E-state index contributed by atoms with van der Waals surface area (Å²) >= 11 is 1.37. The molecule has 1 heterocycles. The molecule has 5 heteroatoms. The molecule has 0 aliphatic carbocycles. The number of aromatic nitrogens is 2. The van der Waals surface area contributed by atoms with E-state index in [9.17, 15) is 4.39 Å². The number of hydrogen-bond acceptors (Lipinski definition) is 4. The van der Waals surface area contributed by atoms with Crippen molar-refractivity contribution in [1.29, 1.82) is 0 Å². The van der Waals surface area contributed by atoms with Gasteiger partial charge in [-0.2, -0.15) is 0 Å². The Morgan fingerprint density at radius 3 is 2.71 bits per heavy atom. The van der Waals surface area contributed by atoms with Gasteiger partial charge in [0, 0.05) is 29.4 Å². The zero-order chi connectivity index (χ0) is 12.1. The van der Waals surface area contributed by atoms with E-state index in [1.807, 2.05) is 6.07 Å². The van der Waals surface area contributed by atoms with Gasteiger partial charge in [0.25, 0.3) is 0 Å². The summed E-state index contributed by atoms with van der Waals surface area (Å²) in [5.74, 6) is -0.208. The molecule has 0 aliphatic heterocycles. The molecule has 0 aliphatic rings. The summed E-state index contributed by atoms with van der Waals surface area (Å²) in [7, 11) is 1.79. The molecule has 0 saturated heterocycles. The molecule has 0 atom stereocenters. The summed E-state index contributed by atoms with van der Waals surface area (Å²) < 4.78 is 13.6. The molecule has 0 fully saturated rings. The molecule has 2 rings (SSSR count). The number of nitrogens with zero attached hydrogens (tertiary/aromatic N) is 2. The summed E-state index contributed by atoms with van der Waals surface area (Å²) in [5.41, 5.74) is 0.646. The average molecular weight is 249 g/mol. The van der Waals surface area contributed by atoms with Crippen LogP contribution in [0.5, 0.6) is 0 Å². The Kier molecular flexibility index (Phi) is 4.06. The van der Waals surface area contributed by atoms with Gasteiger partial charge in [0.1, 0.15) is 5.82 Å². The fourth-order valence-electron chi connectivity index (χ4n) is 1.42. The zero-order valence-electron chi connectivity index (χ0n) is 9.35. The van der Waals surface area contributed by atoms with Crippen LogP contribution in [0.3, 0.4) is 0 Å². The molecule has 0 bridgehead atoms. The van der Waals surface area contributed by atoms with Crippen molar-refractivity contribution in [2.45, 2.75) is 16.6 Å². The highest BCUT2D eigenvalue weighted by molar-refractivity contribution is 7.99. The predicted molar refractivity (Wildman–Crippen MR) is 65.3 cm³/mol. The molecule has 1 aromatic heterocycles. The van der Waals surface area contributed by atoms with Crippen LogP contribution >= 0.6 is 11.8 Å².